The van der Waals surface area contributed by atoms with Crippen LogP contribution in [-0.4, -0.2) is 38.8 Å². The summed E-state index contributed by atoms with van der Waals surface area (Å²) in [5, 5.41) is 9.32. The third-order valence-corrected chi connectivity index (χ3v) is 5.82. The van der Waals surface area contributed by atoms with Crippen molar-refractivity contribution in [3.8, 4) is 22.8 Å². The molecule has 9 heteroatoms. The second-order valence-electron chi connectivity index (χ2n) is 7.92. The van der Waals surface area contributed by atoms with Gasteiger partial charge < -0.3 is 20.3 Å². The van der Waals surface area contributed by atoms with E-state index in [4.69, 9.17) is 15.2 Å². The number of hydrogen-bond donors (Lipinski definition) is 2. The molecule has 2 aromatic heterocycles. The molecule has 2 atom stereocenters. The van der Waals surface area contributed by atoms with Crippen molar-refractivity contribution in [3.63, 3.8) is 0 Å². The lowest BCUT2D eigenvalue weighted by atomic mass is 9.98. The van der Waals surface area contributed by atoms with Gasteiger partial charge in [0, 0.05) is 23.9 Å². The number of nitrogens with zero attached hydrogens (tertiary/aromatic N) is 3. The van der Waals surface area contributed by atoms with E-state index >= 15 is 4.39 Å². The molecule has 1 aliphatic rings. The Labute approximate surface area is 188 Å². The van der Waals surface area contributed by atoms with Crippen LogP contribution < -0.4 is 10.5 Å². The first kappa shape index (κ1) is 21.3. The number of fused-ring (bicyclic) bond motifs is 1. The molecule has 2 aromatic carbocycles. The van der Waals surface area contributed by atoms with E-state index in [9.17, 15) is 9.50 Å². The molecule has 0 spiro atoms. The van der Waals surface area contributed by atoms with Gasteiger partial charge >= 0.3 is 0 Å². The maximum absolute atomic E-state index is 15.2. The highest BCUT2D eigenvalue weighted by atomic mass is 19.2. The van der Waals surface area contributed by atoms with Gasteiger partial charge in [-0.25, -0.2) is 14.4 Å². The summed E-state index contributed by atoms with van der Waals surface area (Å²) in [7, 11) is 0. The molecule has 5 rings (SSSR count). The Morgan fingerprint density at radius 1 is 1.12 bits per heavy atom. The van der Waals surface area contributed by atoms with Crippen LogP contribution >= 0.6 is 0 Å². The molecule has 1 fully saturated rings. The van der Waals surface area contributed by atoms with E-state index in [2.05, 4.69) is 9.97 Å². The Hall–Kier alpha value is -3.56. The zero-order valence-electron chi connectivity index (χ0n) is 17.6. The SMILES string of the molecule is Nc1nccn2c(C3CCC(CO)OC3)nc(-c3ccc(Oc4ccccc4)c(F)c3F)c12. The van der Waals surface area contributed by atoms with E-state index in [0.29, 0.717) is 30.1 Å². The van der Waals surface area contributed by atoms with Crippen molar-refractivity contribution in [3.05, 3.63) is 72.3 Å². The quantitative estimate of drug-likeness (QED) is 0.469. The lowest BCUT2D eigenvalue weighted by Gasteiger charge is -2.27. The molecule has 7 nitrogen and oxygen atoms in total. The number of hydrogen-bond acceptors (Lipinski definition) is 6. The number of nitrogen functional groups attached to an aromatic ring is 1. The third-order valence-electron chi connectivity index (χ3n) is 5.82. The van der Waals surface area contributed by atoms with Crippen molar-refractivity contribution in [1.29, 1.82) is 0 Å². The summed E-state index contributed by atoms with van der Waals surface area (Å²) in [5.74, 6) is -1.36. The Morgan fingerprint density at radius 3 is 2.67 bits per heavy atom. The van der Waals surface area contributed by atoms with Crippen LogP contribution in [-0.2, 0) is 4.74 Å². The number of rotatable bonds is 5. The largest absolute Gasteiger partial charge is 0.454 e. The van der Waals surface area contributed by atoms with Gasteiger partial charge in [-0.15, -0.1) is 0 Å². The van der Waals surface area contributed by atoms with Gasteiger partial charge in [0.2, 0.25) is 5.82 Å². The number of ether oxygens (including phenoxy) is 2. The minimum absolute atomic E-state index is 0.0404. The van der Waals surface area contributed by atoms with Gasteiger partial charge in [0.1, 0.15) is 28.6 Å². The minimum atomic E-state index is -1.12. The first-order chi connectivity index (χ1) is 16.1. The Balaban J connectivity index is 1.57. The first-order valence-electron chi connectivity index (χ1n) is 10.6. The van der Waals surface area contributed by atoms with Crippen LogP contribution in [0.2, 0.25) is 0 Å². The normalized spacial score (nSPS) is 18.5. The zero-order chi connectivity index (χ0) is 22.9. The van der Waals surface area contributed by atoms with Gasteiger partial charge in [-0.2, -0.15) is 4.39 Å². The van der Waals surface area contributed by atoms with Crippen LogP contribution in [0.15, 0.2) is 54.9 Å². The molecule has 1 aliphatic heterocycles. The van der Waals surface area contributed by atoms with Crippen LogP contribution in [0.1, 0.15) is 24.6 Å². The number of benzene rings is 2. The van der Waals surface area contributed by atoms with Crippen molar-refractivity contribution in [2.24, 2.45) is 0 Å². The van der Waals surface area contributed by atoms with Crippen LogP contribution in [0.4, 0.5) is 14.6 Å². The molecule has 3 N–H and O–H groups in total. The van der Waals surface area contributed by atoms with E-state index in [1.54, 1.807) is 40.9 Å². The number of aliphatic hydroxyl groups excluding tert-OH is 1. The number of anilines is 1. The summed E-state index contributed by atoms with van der Waals surface area (Å²) in [6.45, 7) is 0.311. The van der Waals surface area contributed by atoms with Gasteiger partial charge in [0.05, 0.1) is 19.3 Å². The molecular formula is C24H22F2N4O3. The molecule has 4 aromatic rings. The van der Waals surface area contributed by atoms with E-state index in [0.717, 1.165) is 6.42 Å². The van der Waals surface area contributed by atoms with Crippen molar-refractivity contribution in [2.75, 3.05) is 18.9 Å². The van der Waals surface area contributed by atoms with Gasteiger partial charge in [-0.1, -0.05) is 18.2 Å². The smallest absolute Gasteiger partial charge is 0.201 e. The second kappa shape index (κ2) is 8.76. The maximum Gasteiger partial charge on any atom is 0.201 e. The van der Waals surface area contributed by atoms with E-state index < -0.39 is 11.6 Å². The van der Waals surface area contributed by atoms with E-state index in [-0.39, 0.29) is 41.5 Å². The number of aliphatic hydroxyl groups is 1. The van der Waals surface area contributed by atoms with Gasteiger partial charge in [0.15, 0.2) is 11.6 Å². The molecular weight excluding hydrogens is 430 g/mol. The number of aromatic nitrogens is 3. The third kappa shape index (κ3) is 3.90. The average molecular weight is 452 g/mol. The first-order valence-corrected chi connectivity index (χ1v) is 10.6. The highest BCUT2D eigenvalue weighted by Gasteiger charge is 2.29. The van der Waals surface area contributed by atoms with Crippen LogP contribution in [0.25, 0.3) is 16.8 Å². The molecule has 33 heavy (non-hydrogen) atoms. The predicted molar refractivity (Wildman–Crippen MR) is 118 cm³/mol. The molecule has 170 valence electrons. The summed E-state index contributed by atoms with van der Waals surface area (Å²) >= 11 is 0. The van der Waals surface area contributed by atoms with Crippen LogP contribution in [0.3, 0.4) is 0 Å². The minimum Gasteiger partial charge on any atom is -0.454 e. The number of nitrogens with two attached hydrogens (primary N) is 1. The summed E-state index contributed by atoms with van der Waals surface area (Å²) < 4.78 is 43.1. The van der Waals surface area contributed by atoms with Crippen LogP contribution in [0.5, 0.6) is 11.5 Å². The molecule has 2 unspecified atom stereocenters. The van der Waals surface area contributed by atoms with Crippen molar-refractivity contribution in [1.82, 2.24) is 14.4 Å². The number of imidazole rings is 1. The molecule has 0 amide bonds. The average Bonchev–Trinajstić information content (AvgIpc) is 3.24. The monoisotopic (exact) mass is 452 g/mol. The molecule has 1 saturated heterocycles. The summed E-state index contributed by atoms with van der Waals surface area (Å²) in [6, 6.07) is 11.4. The highest BCUT2D eigenvalue weighted by molar-refractivity contribution is 5.85. The fourth-order valence-electron chi connectivity index (χ4n) is 4.13. The van der Waals surface area contributed by atoms with Gasteiger partial charge in [-0.3, -0.25) is 4.40 Å². The summed E-state index contributed by atoms with van der Waals surface area (Å²) in [6.07, 6.45) is 4.41. The Bertz CT molecular complexity index is 1290. The van der Waals surface area contributed by atoms with Crippen molar-refractivity contribution >= 4 is 11.3 Å². The van der Waals surface area contributed by atoms with Crippen molar-refractivity contribution in [2.45, 2.75) is 24.9 Å². The second-order valence-corrected chi connectivity index (χ2v) is 7.92. The maximum atomic E-state index is 15.2. The highest BCUT2D eigenvalue weighted by Crippen LogP contribution is 2.37. The summed E-state index contributed by atoms with van der Waals surface area (Å²) in [5.41, 5.74) is 6.68. The van der Waals surface area contributed by atoms with E-state index in [1.807, 2.05) is 0 Å². The summed E-state index contributed by atoms with van der Waals surface area (Å²) in [4.78, 5) is 8.78. The Kier molecular flexibility index (Phi) is 5.65. The lowest BCUT2D eigenvalue weighted by molar-refractivity contribution is -0.0282. The van der Waals surface area contributed by atoms with Crippen molar-refractivity contribution < 1.29 is 23.4 Å². The molecule has 0 bridgehead atoms. The lowest BCUT2D eigenvalue weighted by Crippen LogP contribution is -2.28. The standard InChI is InChI=1S/C24H22F2N4O3/c25-19-17(8-9-18(20(19)26)33-15-4-2-1-3-5-15)21-22-23(27)28-10-11-30(22)24(29-21)14-6-7-16(12-31)32-13-14/h1-5,8-11,14,16,31H,6-7,12-13H2,(H2,27,28). The fraction of sp³-hybridized carbons (Fsp3) is 0.250. The number of para-hydroxylation sites is 1. The van der Waals surface area contributed by atoms with Gasteiger partial charge in [-0.05, 0) is 37.1 Å². The number of halogens is 2. The topological polar surface area (TPSA) is 94.9 Å². The Morgan fingerprint density at radius 2 is 1.94 bits per heavy atom. The van der Waals surface area contributed by atoms with E-state index in [1.165, 1.54) is 18.3 Å². The molecule has 0 radical (unpaired) electrons. The molecule has 3 heterocycles. The van der Waals surface area contributed by atoms with Gasteiger partial charge in [0.25, 0.3) is 0 Å². The zero-order valence-corrected chi connectivity index (χ0v) is 17.6. The molecule has 0 aliphatic carbocycles. The fourth-order valence-corrected chi connectivity index (χ4v) is 4.13. The van der Waals surface area contributed by atoms with Crippen LogP contribution in [0, 0.1) is 11.6 Å². The predicted octanol–water partition coefficient (Wildman–Crippen LogP) is 4.30. The molecule has 0 saturated carbocycles.